The van der Waals surface area contributed by atoms with Crippen molar-refractivity contribution in [2.45, 2.75) is 32.6 Å². The van der Waals surface area contributed by atoms with Gasteiger partial charge in [0, 0.05) is 17.6 Å². The molecule has 4 heterocycles. The van der Waals surface area contributed by atoms with Crippen molar-refractivity contribution in [1.29, 1.82) is 0 Å². The van der Waals surface area contributed by atoms with Gasteiger partial charge in [0.2, 0.25) is 0 Å². The Balaban J connectivity index is 1.34. The minimum atomic E-state index is 0.673. The molecular formula is C29H25ClN6S. The van der Waals surface area contributed by atoms with Crippen LogP contribution in [0.1, 0.15) is 34.5 Å². The lowest BCUT2D eigenvalue weighted by Crippen LogP contribution is -1.93. The minimum absolute atomic E-state index is 0.673. The van der Waals surface area contributed by atoms with Gasteiger partial charge in [0.15, 0.2) is 5.82 Å². The van der Waals surface area contributed by atoms with Crippen molar-refractivity contribution in [2.24, 2.45) is 0 Å². The molecule has 0 aliphatic rings. The van der Waals surface area contributed by atoms with Crippen molar-refractivity contribution in [2.75, 3.05) is 0 Å². The predicted octanol–water partition coefficient (Wildman–Crippen LogP) is 6.97. The van der Waals surface area contributed by atoms with Crippen LogP contribution in [0.25, 0.3) is 26.8 Å². The fourth-order valence-electron chi connectivity index (χ4n) is 4.64. The van der Waals surface area contributed by atoms with E-state index in [4.69, 9.17) is 21.7 Å². The molecule has 0 atom stereocenters. The fraction of sp³-hybridized carbons (Fsp3) is 0.172. The number of rotatable bonds is 8. The van der Waals surface area contributed by atoms with E-state index in [-0.39, 0.29) is 0 Å². The van der Waals surface area contributed by atoms with Crippen molar-refractivity contribution in [3.63, 3.8) is 0 Å². The highest BCUT2D eigenvalue weighted by atomic mass is 35.5. The quantitative estimate of drug-likeness (QED) is 0.233. The third kappa shape index (κ3) is 5.05. The number of H-pyrrole nitrogens is 1. The second kappa shape index (κ2) is 10.3. The highest BCUT2D eigenvalue weighted by Gasteiger charge is 2.21. The van der Waals surface area contributed by atoms with Gasteiger partial charge in [-0.1, -0.05) is 54.1 Å². The number of halogens is 1. The van der Waals surface area contributed by atoms with E-state index in [2.05, 4.69) is 63.8 Å². The molecule has 1 N–H and O–H groups in total. The molecule has 0 spiro atoms. The van der Waals surface area contributed by atoms with Crippen LogP contribution in [0.2, 0.25) is 5.02 Å². The van der Waals surface area contributed by atoms with E-state index in [1.807, 2.05) is 35.7 Å². The summed E-state index contributed by atoms with van der Waals surface area (Å²) in [6.07, 6.45) is 7.44. The molecule has 0 aliphatic carbocycles. The molecular weight excluding hydrogens is 500 g/mol. The molecule has 0 amide bonds. The van der Waals surface area contributed by atoms with Crippen LogP contribution in [0.15, 0.2) is 79.3 Å². The van der Waals surface area contributed by atoms with E-state index in [9.17, 15) is 0 Å². The lowest BCUT2D eigenvalue weighted by atomic mass is 10.0. The van der Waals surface area contributed by atoms with E-state index in [1.54, 1.807) is 11.3 Å². The molecule has 4 aromatic heterocycles. The van der Waals surface area contributed by atoms with Gasteiger partial charge in [-0.2, -0.15) is 10.2 Å². The number of nitrogens with zero attached hydrogens (tertiary/aromatic N) is 5. The van der Waals surface area contributed by atoms with Gasteiger partial charge in [-0.05, 0) is 67.1 Å². The first-order chi connectivity index (χ1) is 18.1. The number of aromatic nitrogens is 6. The topological polar surface area (TPSA) is 71.8 Å². The summed E-state index contributed by atoms with van der Waals surface area (Å²) < 4.78 is 1.96. The predicted molar refractivity (Wildman–Crippen MR) is 149 cm³/mol. The van der Waals surface area contributed by atoms with Crippen LogP contribution in [0.5, 0.6) is 0 Å². The van der Waals surface area contributed by atoms with Crippen molar-refractivity contribution >= 4 is 28.5 Å². The summed E-state index contributed by atoms with van der Waals surface area (Å²) in [4.78, 5) is 10.5. The summed E-state index contributed by atoms with van der Waals surface area (Å²) in [5, 5.41) is 13.5. The van der Waals surface area contributed by atoms with Crippen LogP contribution in [-0.2, 0) is 19.3 Å². The van der Waals surface area contributed by atoms with Crippen LogP contribution in [0.4, 0.5) is 0 Å². The number of fused-ring (bicyclic) bond motifs is 1. The maximum atomic E-state index is 6.10. The molecule has 0 aliphatic heterocycles. The Morgan fingerprint density at radius 2 is 1.76 bits per heavy atom. The van der Waals surface area contributed by atoms with Gasteiger partial charge in [-0.25, -0.2) is 14.5 Å². The molecule has 0 unspecified atom stereocenters. The molecule has 0 fully saturated rings. The van der Waals surface area contributed by atoms with Gasteiger partial charge >= 0.3 is 0 Å². The number of hydrogen-bond donors (Lipinski definition) is 1. The van der Waals surface area contributed by atoms with Crippen LogP contribution in [-0.4, -0.2) is 29.8 Å². The molecule has 184 valence electrons. The zero-order chi connectivity index (χ0) is 25.2. The summed E-state index contributed by atoms with van der Waals surface area (Å²) in [5.74, 6) is 0.725. The van der Waals surface area contributed by atoms with Crippen molar-refractivity contribution in [3.05, 3.63) is 112 Å². The first-order valence-electron chi connectivity index (χ1n) is 12.3. The summed E-state index contributed by atoms with van der Waals surface area (Å²) in [5.41, 5.74) is 7.87. The number of thiazole rings is 1. The van der Waals surface area contributed by atoms with Gasteiger partial charge in [-0.3, -0.25) is 5.10 Å². The zero-order valence-electron chi connectivity index (χ0n) is 20.4. The van der Waals surface area contributed by atoms with Gasteiger partial charge in [0.05, 0.1) is 27.3 Å². The number of pyridine rings is 1. The van der Waals surface area contributed by atoms with Gasteiger partial charge in [-0.15, -0.1) is 11.3 Å². The van der Waals surface area contributed by atoms with E-state index in [0.717, 1.165) is 68.0 Å². The molecule has 2 aromatic carbocycles. The average Bonchev–Trinajstić information content (AvgIpc) is 3.64. The van der Waals surface area contributed by atoms with Crippen molar-refractivity contribution < 1.29 is 0 Å². The van der Waals surface area contributed by atoms with E-state index < -0.39 is 0 Å². The van der Waals surface area contributed by atoms with E-state index in [0.29, 0.717) is 6.42 Å². The molecule has 0 bridgehead atoms. The summed E-state index contributed by atoms with van der Waals surface area (Å²) in [6, 6.07) is 23.0. The number of aromatic amines is 1. The molecule has 0 saturated carbocycles. The Morgan fingerprint density at radius 1 is 0.946 bits per heavy atom. The Hall–Kier alpha value is -3.81. The van der Waals surface area contributed by atoms with Crippen LogP contribution < -0.4 is 0 Å². The number of benzene rings is 2. The van der Waals surface area contributed by atoms with Crippen molar-refractivity contribution in [3.8, 4) is 21.3 Å². The highest BCUT2D eigenvalue weighted by molar-refractivity contribution is 7.18. The number of nitrogens with one attached hydrogen (secondary N) is 1. The fourth-order valence-corrected chi connectivity index (χ4v) is 5.90. The summed E-state index contributed by atoms with van der Waals surface area (Å²) in [7, 11) is 0. The molecule has 37 heavy (non-hydrogen) atoms. The summed E-state index contributed by atoms with van der Waals surface area (Å²) in [6.45, 7) is 2.05. The molecule has 6 aromatic rings. The van der Waals surface area contributed by atoms with E-state index >= 15 is 0 Å². The molecule has 0 saturated heterocycles. The van der Waals surface area contributed by atoms with Crippen LogP contribution in [0.3, 0.4) is 0 Å². The first-order valence-corrected chi connectivity index (χ1v) is 13.5. The molecule has 6 nitrogen and oxygen atoms in total. The molecule has 6 rings (SSSR count). The smallest absolute Gasteiger partial charge is 0.167 e. The van der Waals surface area contributed by atoms with Crippen LogP contribution in [0, 0.1) is 6.92 Å². The first kappa shape index (κ1) is 23.6. The maximum absolute atomic E-state index is 6.10. The Bertz CT molecular complexity index is 1640. The maximum Gasteiger partial charge on any atom is 0.167 e. The zero-order valence-corrected chi connectivity index (χ0v) is 21.9. The Morgan fingerprint density at radius 3 is 2.54 bits per heavy atom. The number of aryl methyl sites for hydroxylation is 3. The third-order valence-corrected chi connectivity index (χ3v) is 7.85. The third-order valence-electron chi connectivity index (χ3n) is 6.47. The van der Waals surface area contributed by atoms with Crippen LogP contribution >= 0.6 is 22.9 Å². The van der Waals surface area contributed by atoms with Gasteiger partial charge < -0.3 is 0 Å². The largest absolute Gasteiger partial charge is 0.259 e. The van der Waals surface area contributed by atoms with Gasteiger partial charge in [0.1, 0.15) is 11.3 Å². The SMILES string of the molecule is Cc1nn2ccc(CCCc3ccccc3)cc2c1-c1nc(Cc2ccc(Cl)cc2)c(-c2ncn[nH]2)s1. The Kier molecular flexibility index (Phi) is 6.55. The van der Waals surface area contributed by atoms with E-state index in [1.165, 1.54) is 17.5 Å². The number of hydrogen-bond acceptors (Lipinski definition) is 5. The standard InChI is InChI=1S/C29H25ClN6S/c1-19-26(25-17-21(14-15-36(25)35-19)9-5-8-20-6-3-2-4-7-20)29-33-24(16-22-10-12-23(30)13-11-22)27(37-29)28-31-18-32-34-28/h2-4,6-7,10-15,17-18H,5,8-9,16H2,1H3,(H,31,32,34). The molecule has 8 heteroatoms. The monoisotopic (exact) mass is 524 g/mol. The second-order valence-corrected chi connectivity index (χ2v) is 10.5. The average molecular weight is 525 g/mol. The highest BCUT2D eigenvalue weighted by Crippen LogP contribution is 2.38. The normalized spacial score (nSPS) is 11.4. The Labute approximate surface area is 224 Å². The lowest BCUT2D eigenvalue weighted by molar-refractivity contribution is 0.816. The minimum Gasteiger partial charge on any atom is -0.259 e. The molecule has 0 radical (unpaired) electrons. The van der Waals surface area contributed by atoms with Gasteiger partial charge in [0.25, 0.3) is 0 Å². The lowest BCUT2D eigenvalue weighted by Gasteiger charge is -2.04. The summed E-state index contributed by atoms with van der Waals surface area (Å²) >= 11 is 7.72. The second-order valence-electron chi connectivity index (χ2n) is 9.10. The van der Waals surface area contributed by atoms with Crippen molar-refractivity contribution in [1.82, 2.24) is 29.8 Å².